The normalized spacial score (nSPS) is 15.3. The molecule has 1 unspecified atom stereocenters. The number of methoxy groups -OCH3 is 3. The highest BCUT2D eigenvalue weighted by Crippen LogP contribution is 2.45. The molecule has 3 rings (SSSR count). The molecule has 0 saturated carbocycles. The topological polar surface area (TPSA) is 102 Å². The van der Waals surface area contributed by atoms with Crippen LogP contribution in [0.2, 0.25) is 0 Å². The van der Waals surface area contributed by atoms with E-state index >= 15 is 0 Å². The molecule has 160 valence electrons. The standard InChI is InChI=1S/C22H26N2O6/c1-6-7-12-10-16-18(21(25)24(12)2)17(19(20(23)30-16)22(26)29-5)14-11-13(27-3)8-9-15(14)28-4/h8-11,17H,6-7,23H2,1-5H3. The molecule has 0 aliphatic carbocycles. The van der Waals surface area contributed by atoms with Gasteiger partial charge in [-0.2, -0.15) is 0 Å². The predicted molar refractivity (Wildman–Crippen MR) is 111 cm³/mol. The molecular weight excluding hydrogens is 388 g/mol. The summed E-state index contributed by atoms with van der Waals surface area (Å²) in [6.45, 7) is 2.03. The van der Waals surface area contributed by atoms with Gasteiger partial charge in [0.25, 0.3) is 5.56 Å². The van der Waals surface area contributed by atoms with Crippen molar-refractivity contribution >= 4 is 5.97 Å². The SMILES string of the molecule is CCCc1cc2c(c(=O)n1C)C(c1cc(OC)ccc1OC)C(C(=O)OC)=C(N)O2. The van der Waals surface area contributed by atoms with E-state index in [1.807, 2.05) is 6.92 Å². The molecule has 2 aromatic rings. The van der Waals surface area contributed by atoms with Crippen molar-refractivity contribution in [2.45, 2.75) is 25.7 Å². The minimum Gasteiger partial charge on any atom is -0.497 e. The molecule has 0 saturated heterocycles. The van der Waals surface area contributed by atoms with Gasteiger partial charge in [-0.3, -0.25) is 4.79 Å². The van der Waals surface area contributed by atoms with E-state index in [0.717, 1.165) is 12.1 Å². The molecule has 1 atom stereocenters. The Morgan fingerprint density at radius 2 is 1.93 bits per heavy atom. The van der Waals surface area contributed by atoms with Crippen LogP contribution in [0, 0.1) is 0 Å². The lowest BCUT2D eigenvalue weighted by Gasteiger charge is -2.29. The van der Waals surface area contributed by atoms with Crippen LogP contribution in [-0.4, -0.2) is 31.9 Å². The highest BCUT2D eigenvalue weighted by Gasteiger charge is 2.39. The Balaban J connectivity index is 2.38. The lowest BCUT2D eigenvalue weighted by atomic mass is 9.82. The second-order valence-electron chi connectivity index (χ2n) is 6.94. The Hall–Kier alpha value is -3.42. The van der Waals surface area contributed by atoms with Gasteiger partial charge in [0.1, 0.15) is 22.8 Å². The van der Waals surface area contributed by atoms with Crippen molar-refractivity contribution in [3.63, 3.8) is 0 Å². The van der Waals surface area contributed by atoms with Gasteiger partial charge in [0, 0.05) is 24.4 Å². The number of ether oxygens (including phenoxy) is 4. The number of benzene rings is 1. The van der Waals surface area contributed by atoms with Crippen molar-refractivity contribution < 1.29 is 23.7 Å². The fraction of sp³-hybridized carbons (Fsp3) is 0.364. The van der Waals surface area contributed by atoms with E-state index in [1.165, 1.54) is 21.3 Å². The van der Waals surface area contributed by atoms with Gasteiger partial charge in [0.2, 0.25) is 5.88 Å². The zero-order valence-electron chi connectivity index (χ0n) is 17.8. The van der Waals surface area contributed by atoms with E-state index in [1.54, 1.807) is 35.9 Å². The highest BCUT2D eigenvalue weighted by molar-refractivity contribution is 5.92. The molecule has 0 bridgehead atoms. The molecule has 0 amide bonds. The Labute approximate surface area is 174 Å². The number of esters is 1. The number of nitrogens with zero attached hydrogens (tertiary/aromatic N) is 1. The first-order chi connectivity index (χ1) is 14.4. The summed E-state index contributed by atoms with van der Waals surface area (Å²) in [7, 11) is 6.00. The summed E-state index contributed by atoms with van der Waals surface area (Å²) >= 11 is 0. The van der Waals surface area contributed by atoms with Gasteiger partial charge in [-0.15, -0.1) is 0 Å². The zero-order valence-corrected chi connectivity index (χ0v) is 17.8. The maximum atomic E-state index is 13.4. The summed E-state index contributed by atoms with van der Waals surface area (Å²) in [5, 5.41) is 0. The molecule has 0 fully saturated rings. The van der Waals surface area contributed by atoms with Gasteiger partial charge in [-0.25, -0.2) is 4.79 Å². The fourth-order valence-electron chi connectivity index (χ4n) is 3.75. The van der Waals surface area contributed by atoms with Crippen molar-refractivity contribution in [2.24, 2.45) is 12.8 Å². The van der Waals surface area contributed by atoms with Gasteiger partial charge in [-0.1, -0.05) is 13.3 Å². The predicted octanol–water partition coefficient (Wildman–Crippen LogP) is 2.22. The molecule has 8 heteroatoms. The lowest BCUT2D eigenvalue weighted by molar-refractivity contribution is -0.136. The second-order valence-corrected chi connectivity index (χ2v) is 6.94. The first-order valence-corrected chi connectivity index (χ1v) is 9.58. The van der Waals surface area contributed by atoms with Gasteiger partial charge in [0.05, 0.1) is 32.8 Å². The van der Waals surface area contributed by atoms with E-state index in [-0.39, 0.29) is 17.0 Å². The summed E-state index contributed by atoms with van der Waals surface area (Å²) < 4.78 is 23.1. The number of pyridine rings is 1. The number of aryl methyl sites for hydroxylation is 1. The van der Waals surface area contributed by atoms with Crippen molar-refractivity contribution in [1.29, 1.82) is 0 Å². The van der Waals surface area contributed by atoms with Crippen molar-refractivity contribution in [2.75, 3.05) is 21.3 Å². The van der Waals surface area contributed by atoms with Gasteiger partial charge < -0.3 is 29.2 Å². The fourth-order valence-corrected chi connectivity index (χ4v) is 3.75. The van der Waals surface area contributed by atoms with Gasteiger partial charge in [0.15, 0.2) is 0 Å². The van der Waals surface area contributed by atoms with Crippen LogP contribution in [0.3, 0.4) is 0 Å². The Morgan fingerprint density at radius 1 is 1.20 bits per heavy atom. The van der Waals surface area contributed by atoms with Crippen molar-refractivity contribution in [3.8, 4) is 17.2 Å². The number of hydrogen-bond donors (Lipinski definition) is 1. The minimum atomic E-state index is -0.847. The van der Waals surface area contributed by atoms with Crippen LogP contribution >= 0.6 is 0 Å². The third-order valence-corrected chi connectivity index (χ3v) is 5.25. The number of fused-ring (bicyclic) bond motifs is 1. The van der Waals surface area contributed by atoms with E-state index < -0.39 is 11.9 Å². The molecule has 1 aromatic heterocycles. The molecule has 2 heterocycles. The average molecular weight is 414 g/mol. The number of rotatable bonds is 6. The van der Waals surface area contributed by atoms with Crippen LogP contribution in [0.5, 0.6) is 17.2 Å². The summed E-state index contributed by atoms with van der Waals surface area (Å²) in [4.78, 5) is 26.1. The Kier molecular flexibility index (Phi) is 6.05. The van der Waals surface area contributed by atoms with Crippen LogP contribution in [0.15, 0.2) is 40.5 Å². The summed E-state index contributed by atoms with van der Waals surface area (Å²) in [6.07, 6.45) is 1.56. The number of carbonyl (C=O) groups excluding carboxylic acids is 1. The summed E-state index contributed by atoms with van der Waals surface area (Å²) in [5.74, 6) is -0.307. The van der Waals surface area contributed by atoms with E-state index in [0.29, 0.717) is 34.8 Å². The number of hydrogen-bond acceptors (Lipinski definition) is 7. The summed E-state index contributed by atoms with van der Waals surface area (Å²) in [6, 6.07) is 6.95. The van der Waals surface area contributed by atoms with Gasteiger partial charge >= 0.3 is 5.97 Å². The monoisotopic (exact) mass is 414 g/mol. The van der Waals surface area contributed by atoms with E-state index in [9.17, 15) is 9.59 Å². The molecule has 1 aliphatic heterocycles. The molecule has 0 radical (unpaired) electrons. The number of aromatic nitrogens is 1. The molecule has 1 aromatic carbocycles. The van der Waals surface area contributed by atoms with Crippen molar-refractivity contribution in [1.82, 2.24) is 4.57 Å². The maximum Gasteiger partial charge on any atom is 0.340 e. The van der Waals surface area contributed by atoms with Crippen LogP contribution < -0.4 is 25.5 Å². The molecular formula is C22H26N2O6. The largest absolute Gasteiger partial charge is 0.497 e. The molecule has 0 spiro atoms. The Bertz CT molecular complexity index is 1070. The minimum absolute atomic E-state index is 0.0388. The maximum absolute atomic E-state index is 13.4. The molecule has 2 N–H and O–H groups in total. The first-order valence-electron chi connectivity index (χ1n) is 9.58. The van der Waals surface area contributed by atoms with E-state index in [2.05, 4.69) is 0 Å². The third-order valence-electron chi connectivity index (χ3n) is 5.25. The summed E-state index contributed by atoms with van der Waals surface area (Å²) in [5.41, 5.74) is 7.56. The van der Waals surface area contributed by atoms with Crippen LogP contribution in [-0.2, 0) is 23.0 Å². The zero-order chi connectivity index (χ0) is 22.0. The average Bonchev–Trinajstić information content (AvgIpc) is 2.75. The first kappa shape index (κ1) is 21.3. The van der Waals surface area contributed by atoms with Crippen LogP contribution in [0.4, 0.5) is 0 Å². The lowest BCUT2D eigenvalue weighted by Crippen LogP contribution is -2.34. The van der Waals surface area contributed by atoms with Crippen molar-refractivity contribution in [3.05, 3.63) is 62.9 Å². The molecule has 1 aliphatic rings. The molecule has 8 nitrogen and oxygen atoms in total. The van der Waals surface area contributed by atoms with Crippen LogP contribution in [0.1, 0.15) is 36.1 Å². The van der Waals surface area contributed by atoms with Crippen LogP contribution in [0.25, 0.3) is 0 Å². The second kappa shape index (κ2) is 8.52. The van der Waals surface area contributed by atoms with E-state index in [4.69, 9.17) is 24.7 Å². The smallest absolute Gasteiger partial charge is 0.340 e. The quantitative estimate of drug-likeness (QED) is 0.723. The van der Waals surface area contributed by atoms with Gasteiger partial charge in [-0.05, 0) is 24.6 Å². The molecule has 30 heavy (non-hydrogen) atoms. The number of carbonyl (C=O) groups is 1. The highest BCUT2D eigenvalue weighted by atomic mass is 16.5. The number of nitrogens with two attached hydrogens (primary N) is 1. The third kappa shape index (κ3) is 3.49. The Morgan fingerprint density at radius 3 is 2.53 bits per heavy atom.